The number of hydrogen-bond donors (Lipinski definition) is 0. The highest BCUT2D eigenvalue weighted by atomic mass is 14.4. The molecule has 0 aromatic rings. The van der Waals surface area contributed by atoms with Crippen molar-refractivity contribution >= 4 is 0 Å². The van der Waals surface area contributed by atoms with E-state index in [2.05, 4.69) is 0 Å². The standard InChI is InChI=1S/C12H20/c1-2-10-4-6-11-5-3-9(1)7-12(11)8-10/h9-12H,1-8H2. The second-order valence-corrected chi connectivity index (χ2v) is 5.46. The average molecular weight is 164 g/mol. The molecule has 0 amide bonds. The Morgan fingerprint density at radius 2 is 1.00 bits per heavy atom. The Bertz CT molecular complexity index is 155. The van der Waals surface area contributed by atoms with Gasteiger partial charge in [0.2, 0.25) is 0 Å². The number of rotatable bonds is 0. The largest absolute Gasteiger partial charge is 0.0502 e. The van der Waals surface area contributed by atoms with Crippen LogP contribution in [0.4, 0.5) is 0 Å². The van der Waals surface area contributed by atoms with Gasteiger partial charge in [-0.2, -0.15) is 0 Å². The van der Waals surface area contributed by atoms with Crippen molar-refractivity contribution in [1.29, 1.82) is 0 Å². The van der Waals surface area contributed by atoms with E-state index >= 15 is 0 Å². The van der Waals surface area contributed by atoms with E-state index in [4.69, 9.17) is 0 Å². The van der Waals surface area contributed by atoms with Crippen LogP contribution in [0.1, 0.15) is 51.4 Å². The first kappa shape index (κ1) is 7.41. The molecule has 3 fully saturated rings. The van der Waals surface area contributed by atoms with Gasteiger partial charge in [-0.15, -0.1) is 0 Å². The molecule has 0 spiro atoms. The zero-order valence-electron chi connectivity index (χ0n) is 7.97. The van der Waals surface area contributed by atoms with Gasteiger partial charge in [-0.1, -0.05) is 25.7 Å². The third-order valence-electron chi connectivity index (χ3n) is 4.81. The van der Waals surface area contributed by atoms with Crippen LogP contribution in [0.5, 0.6) is 0 Å². The summed E-state index contributed by atoms with van der Waals surface area (Å²) >= 11 is 0. The Balaban J connectivity index is 1.85. The minimum Gasteiger partial charge on any atom is -0.0502 e. The predicted octanol–water partition coefficient (Wildman–Crippen LogP) is 3.61. The van der Waals surface area contributed by atoms with Gasteiger partial charge in [0.25, 0.3) is 0 Å². The molecule has 2 atom stereocenters. The highest BCUT2D eigenvalue weighted by Gasteiger charge is 2.37. The molecule has 3 aliphatic carbocycles. The second kappa shape index (κ2) is 2.75. The normalized spacial score (nSPS) is 52.0. The predicted molar refractivity (Wildman–Crippen MR) is 50.9 cm³/mol. The van der Waals surface area contributed by atoms with E-state index in [1.54, 1.807) is 51.4 Å². The van der Waals surface area contributed by atoms with Crippen LogP contribution in [0, 0.1) is 23.7 Å². The summed E-state index contributed by atoms with van der Waals surface area (Å²) in [6.07, 6.45) is 12.7. The first-order chi connectivity index (χ1) is 5.92. The summed E-state index contributed by atoms with van der Waals surface area (Å²) in [4.78, 5) is 0. The van der Waals surface area contributed by atoms with E-state index in [-0.39, 0.29) is 0 Å². The fraction of sp³-hybridized carbons (Fsp3) is 1.00. The lowest BCUT2D eigenvalue weighted by Crippen LogP contribution is -2.27. The maximum absolute atomic E-state index is 1.61. The highest BCUT2D eigenvalue weighted by Crippen LogP contribution is 2.49. The number of hydrogen-bond acceptors (Lipinski definition) is 0. The lowest BCUT2D eigenvalue weighted by Gasteiger charge is -2.38. The smallest absolute Gasteiger partial charge is 0.0381 e. The Hall–Kier alpha value is 0. The van der Waals surface area contributed by atoms with Crippen LogP contribution in [0.25, 0.3) is 0 Å². The van der Waals surface area contributed by atoms with Crippen molar-refractivity contribution < 1.29 is 0 Å². The Morgan fingerprint density at radius 3 is 1.58 bits per heavy atom. The summed E-state index contributed by atoms with van der Waals surface area (Å²) in [5.41, 5.74) is 0. The average Bonchev–Trinajstić information content (AvgIpc) is 2.21. The van der Waals surface area contributed by atoms with E-state index in [1.165, 1.54) is 5.92 Å². The van der Waals surface area contributed by atoms with Crippen molar-refractivity contribution in [3.05, 3.63) is 0 Å². The van der Waals surface area contributed by atoms with Crippen LogP contribution in [-0.4, -0.2) is 0 Å². The highest BCUT2D eigenvalue weighted by molar-refractivity contribution is 4.89. The molecule has 0 aromatic carbocycles. The monoisotopic (exact) mass is 164 g/mol. The minimum atomic E-state index is 1.15. The van der Waals surface area contributed by atoms with Crippen LogP contribution >= 0.6 is 0 Å². The van der Waals surface area contributed by atoms with Crippen LogP contribution in [0.2, 0.25) is 0 Å². The Kier molecular flexibility index (Phi) is 1.70. The molecule has 0 aromatic heterocycles. The summed E-state index contributed by atoms with van der Waals surface area (Å²) in [5.74, 6) is 4.63. The lowest BCUT2D eigenvalue weighted by atomic mass is 9.67. The van der Waals surface area contributed by atoms with Crippen LogP contribution in [0.15, 0.2) is 0 Å². The molecule has 0 aliphatic heterocycles. The van der Waals surface area contributed by atoms with Crippen LogP contribution in [0.3, 0.4) is 0 Å². The van der Waals surface area contributed by atoms with Crippen LogP contribution < -0.4 is 0 Å². The summed E-state index contributed by atoms with van der Waals surface area (Å²) in [6.45, 7) is 0. The SMILES string of the molecule is C1CC2CCC3CCC1CC3C2. The minimum absolute atomic E-state index is 1.15. The molecule has 3 aliphatic rings. The molecule has 68 valence electrons. The molecule has 0 saturated heterocycles. The van der Waals surface area contributed by atoms with Gasteiger partial charge in [-0.3, -0.25) is 0 Å². The molecule has 0 nitrogen and oxygen atoms in total. The van der Waals surface area contributed by atoms with Crippen LogP contribution in [-0.2, 0) is 0 Å². The van der Waals surface area contributed by atoms with E-state index in [9.17, 15) is 0 Å². The Labute approximate surface area is 75.7 Å². The second-order valence-electron chi connectivity index (χ2n) is 5.46. The van der Waals surface area contributed by atoms with Crippen molar-refractivity contribution in [3.8, 4) is 0 Å². The summed E-state index contributed by atoms with van der Waals surface area (Å²) in [5, 5.41) is 0. The first-order valence-electron chi connectivity index (χ1n) is 5.92. The zero-order chi connectivity index (χ0) is 7.97. The van der Waals surface area contributed by atoms with Gasteiger partial charge in [0.15, 0.2) is 0 Å². The topological polar surface area (TPSA) is 0 Å². The molecule has 3 saturated carbocycles. The molecule has 0 N–H and O–H groups in total. The van der Waals surface area contributed by atoms with E-state index in [1.807, 2.05) is 0 Å². The molecule has 0 radical (unpaired) electrons. The Morgan fingerprint density at radius 1 is 0.500 bits per heavy atom. The van der Waals surface area contributed by atoms with Gasteiger partial charge in [0.1, 0.15) is 0 Å². The van der Waals surface area contributed by atoms with Gasteiger partial charge in [-0.05, 0) is 49.4 Å². The molecule has 3 rings (SSSR count). The van der Waals surface area contributed by atoms with E-state index in [0.717, 1.165) is 17.8 Å². The quantitative estimate of drug-likeness (QED) is 0.513. The molecule has 2 unspecified atom stereocenters. The zero-order valence-corrected chi connectivity index (χ0v) is 7.97. The first-order valence-corrected chi connectivity index (χ1v) is 5.92. The molecule has 3 bridgehead atoms. The van der Waals surface area contributed by atoms with Gasteiger partial charge >= 0.3 is 0 Å². The maximum atomic E-state index is 1.61. The molecule has 12 heavy (non-hydrogen) atoms. The molecule has 0 heterocycles. The lowest BCUT2D eigenvalue weighted by molar-refractivity contribution is 0.127. The molecule has 0 heteroatoms. The van der Waals surface area contributed by atoms with Crippen molar-refractivity contribution in [2.75, 3.05) is 0 Å². The molecular weight excluding hydrogens is 144 g/mol. The fourth-order valence-corrected chi connectivity index (χ4v) is 4.08. The van der Waals surface area contributed by atoms with Gasteiger partial charge in [0, 0.05) is 0 Å². The third-order valence-corrected chi connectivity index (χ3v) is 4.81. The van der Waals surface area contributed by atoms with Crippen molar-refractivity contribution in [2.24, 2.45) is 23.7 Å². The summed E-state index contributed by atoms with van der Waals surface area (Å²) in [7, 11) is 0. The van der Waals surface area contributed by atoms with Crippen molar-refractivity contribution in [1.82, 2.24) is 0 Å². The fourth-order valence-electron chi connectivity index (χ4n) is 4.08. The van der Waals surface area contributed by atoms with E-state index in [0.29, 0.717) is 0 Å². The number of fused-ring (bicyclic) bond motifs is 2. The summed E-state index contributed by atoms with van der Waals surface area (Å²) < 4.78 is 0. The summed E-state index contributed by atoms with van der Waals surface area (Å²) in [6, 6.07) is 0. The van der Waals surface area contributed by atoms with Gasteiger partial charge in [0.05, 0.1) is 0 Å². The molecular formula is C12H20. The van der Waals surface area contributed by atoms with E-state index < -0.39 is 0 Å². The van der Waals surface area contributed by atoms with Gasteiger partial charge in [-0.25, -0.2) is 0 Å². The van der Waals surface area contributed by atoms with Gasteiger partial charge < -0.3 is 0 Å². The third kappa shape index (κ3) is 1.11. The van der Waals surface area contributed by atoms with Crippen molar-refractivity contribution in [3.63, 3.8) is 0 Å². The van der Waals surface area contributed by atoms with Crippen molar-refractivity contribution in [2.45, 2.75) is 51.4 Å². The maximum Gasteiger partial charge on any atom is -0.0381 e.